The van der Waals surface area contributed by atoms with Crippen LogP contribution < -0.4 is 5.73 Å². The minimum atomic E-state index is -4.81. The van der Waals surface area contributed by atoms with Gasteiger partial charge in [-0.3, -0.25) is 23.4 Å². The van der Waals surface area contributed by atoms with Gasteiger partial charge in [-0.25, -0.2) is 4.57 Å². The highest BCUT2D eigenvalue weighted by Gasteiger charge is 2.28. The predicted octanol–water partition coefficient (Wildman–Crippen LogP) is 10.6. The van der Waals surface area contributed by atoms with Crippen LogP contribution in [0.2, 0.25) is 0 Å². The number of nitrogens with two attached hydrogens (primary N) is 1. The molecule has 0 amide bonds. The van der Waals surface area contributed by atoms with Crippen LogP contribution in [0, 0.1) is 0 Å². The molecule has 13 heteroatoms. The number of hydrogen-bond acceptors (Lipinski definition) is 10. The van der Waals surface area contributed by atoms with Crippen LogP contribution in [0.25, 0.3) is 0 Å². The van der Waals surface area contributed by atoms with Crippen molar-refractivity contribution < 1.29 is 52.6 Å². The number of phosphoric acid groups is 1. The van der Waals surface area contributed by atoms with Crippen LogP contribution in [-0.2, 0) is 37.5 Å². The normalized spacial score (nSPS) is 15.4. The number of carboxylic acids is 1. The van der Waals surface area contributed by atoms with Gasteiger partial charge >= 0.3 is 25.7 Å². The number of phosphoric ester groups is 1. The first-order valence-corrected chi connectivity index (χ1v) is 23.2. The summed E-state index contributed by atoms with van der Waals surface area (Å²) in [5.41, 5.74) is 5.31. The SMILES string of the molecule is CC/C=C\C/C=C\C/C=C\C/C=C\C/C=C\C=C/C(O)CCC(=O)O[C@H](COC(=O)CCC/C=C\C/C=C\C/C=C\C/C=C\CCCCC)COP(=O)(O)OC[C@H](N)C(=O)O. The summed E-state index contributed by atoms with van der Waals surface area (Å²) < 4.78 is 32.4. The van der Waals surface area contributed by atoms with Gasteiger partial charge in [0.25, 0.3) is 0 Å². The topological polar surface area (TPSA) is 192 Å². The minimum Gasteiger partial charge on any atom is -0.480 e. The molecule has 342 valence electrons. The van der Waals surface area contributed by atoms with Crippen molar-refractivity contribution in [1.82, 2.24) is 0 Å². The average molecular weight is 872 g/mol. The van der Waals surface area contributed by atoms with Gasteiger partial charge in [-0.15, -0.1) is 0 Å². The maximum Gasteiger partial charge on any atom is 0.472 e. The lowest BCUT2D eigenvalue weighted by atomic mass is 10.2. The Kier molecular flexibility index (Phi) is 38.4. The lowest BCUT2D eigenvalue weighted by Gasteiger charge is -2.20. The van der Waals surface area contributed by atoms with E-state index in [0.29, 0.717) is 12.8 Å². The Labute approximate surface area is 365 Å². The highest BCUT2D eigenvalue weighted by atomic mass is 31.2. The van der Waals surface area contributed by atoms with Gasteiger partial charge in [0.1, 0.15) is 12.6 Å². The van der Waals surface area contributed by atoms with Gasteiger partial charge in [-0.05, 0) is 83.5 Å². The van der Waals surface area contributed by atoms with Crippen molar-refractivity contribution in [3.8, 4) is 0 Å². The Balaban J connectivity index is 4.73. The molecule has 0 rings (SSSR count). The number of aliphatic hydroxyl groups excluding tert-OH is 1. The number of esters is 2. The number of carbonyl (C=O) groups is 3. The second-order valence-electron chi connectivity index (χ2n) is 13.9. The molecule has 2 unspecified atom stereocenters. The lowest BCUT2D eigenvalue weighted by molar-refractivity contribution is -0.161. The summed E-state index contributed by atoms with van der Waals surface area (Å²) in [5.74, 6) is -2.78. The molecule has 0 radical (unpaired) electrons. The van der Waals surface area contributed by atoms with Crippen LogP contribution in [-0.4, -0.2) is 71.1 Å². The van der Waals surface area contributed by atoms with Gasteiger partial charge in [-0.1, -0.05) is 148 Å². The number of rotatable bonds is 38. The molecule has 61 heavy (non-hydrogen) atoms. The van der Waals surface area contributed by atoms with Crippen molar-refractivity contribution in [3.63, 3.8) is 0 Å². The molecule has 0 aromatic heterocycles. The zero-order chi connectivity index (χ0) is 45.1. The summed E-state index contributed by atoms with van der Waals surface area (Å²) in [7, 11) is -4.81. The second kappa shape index (κ2) is 41.2. The third kappa shape index (κ3) is 41.0. The van der Waals surface area contributed by atoms with Gasteiger partial charge in [0.15, 0.2) is 6.10 Å². The average Bonchev–Trinajstić information content (AvgIpc) is 3.23. The number of aliphatic carboxylic acids is 1. The molecule has 0 heterocycles. The van der Waals surface area contributed by atoms with E-state index in [2.05, 4.69) is 97.4 Å². The van der Waals surface area contributed by atoms with Gasteiger partial charge < -0.3 is 30.3 Å². The quantitative estimate of drug-likeness (QED) is 0.0151. The highest BCUT2D eigenvalue weighted by Crippen LogP contribution is 2.43. The number of unbranched alkanes of at least 4 members (excludes halogenated alkanes) is 4. The van der Waals surface area contributed by atoms with Crippen LogP contribution in [0.4, 0.5) is 0 Å². The molecule has 0 aliphatic heterocycles. The molecule has 0 spiro atoms. The molecule has 0 saturated carbocycles. The number of carbonyl (C=O) groups excluding carboxylic acids is 2. The van der Waals surface area contributed by atoms with E-state index in [1.54, 1.807) is 12.2 Å². The molecule has 0 aromatic carbocycles. The highest BCUT2D eigenvalue weighted by molar-refractivity contribution is 7.47. The van der Waals surface area contributed by atoms with Crippen molar-refractivity contribution in [2.24, 2.45) is 5.73 Å². The molecule has 0 aliphatic carbocycles. The van der Waals surface area contributed by atoms with E-state index in [1.807, 2.05) is 24.3 Å². The standard InChI is InChI=1S/C48H74NO11P/c1-3-5-7-9-11-13-15-17-19-21-23-25-27-29-31-33-35-37-46(51)57-40-44(41-58-61(55,56)59-42-45(49)48(53)54)60-47(52)39-38-43(50)36-34-32-30-28-26-24-22-20-18-16-14-12-10-8-6-4-2/h6,8,11-14,17-20,23-26,29-32,34,36,43-45,50H,3-5,7,9-10,15-16,21-22,27-28,33,35,37-42,49H2,1-2H3,(H,53,54)(H,55,56)/b8-6-,13-11-,14-12-,19-17-,20-18-,25-23-,26-24-,31-29-,32-30-,36-34-/t43?,44-,45+/m1/s1. The van der Waals surface area contributed by atoms with E-state index in [4.69, 9.17) is 24.8 Å². The third-order valence-corrected chi connectivity index (χ3v) is 9.26. The van der Waals surface area contributed by atoms with Crippen molar-refractivity contribution in [2.45, 2.75) is 141 Å². The molecule has 0 fully saturated rings. The zero-order valence-electron chi connectivity index (χ0n) is 36.6. The molecule has 4 atom stereocenters. The summed E-state index contributed by atoms with van der Waals surface area (Å²) in [4.78, 5) is 46.0. The zero-order valence-corrected chi connectivity index (χ0v) is 37.4. The number of hydrogen-bond donors (Lipinski definition) is 4. The Morgan fingerprint density at radius 2 is 1.10 bits per heavy atom. The largest absolute Gasteiger partial charge is 0.480 e. The molecule has 0 bridgehead atoms. The summed E-state index contributed by atoms with van der Waals surface area (Å²) in [6.07, 6.45) is 51.7. The maximum atomic E-state index is 12.6. The fourth-order valence-corrected chi connectivity index (χ4v) is 5.65. The van der Waals surface area contributed by atoms with Crippen LogP contribution in [0.5, 0.6) is 0 Å². The first kappa shape index (κ1) is 56.8. The lowest BCUT2D eigenvalue weighted by Crippen LogP contribution is -2.34. The van der Waals surface area contributed by atoms with Gasteiger partial charge in [0, 0.05) is 12.8 Å². The number of aliphatic hydroxyl groups is 1. The number of allylic oxidation sites excluding steroid dienone is 19. The van der Waals surface area contributed by atoms with Crippen LogP contribution in [0.3, 0.4) is 0 Å². The van der Waals surface area contributed by atoms with Crippen molar-refractivity contribution in [3.05, 3.63) is 122 Å². The van der Waals surface area contributed by atoms with E-state index in [-0.39, 0.29) is 19.3 Å². The smallest absolute Gasteiger partial charge is 0.472 e. The fourth-order valence-electron chi connectivity index (χ4n) is 4.87. The van der Waals surface area contributed by atoms with E-state index >= 15 is 0 Å². The monoisotopic (exact) mass is 871 g/mol. The van der Waals surface area contributed by atoms with Gasteiger partial charge in [0.05, 0.1) is 19.3 Å². The van der Waals surface area contributed by atoms with Crippen LogP contribution in [0.1, 0.15) is 123 Å². The minimum absolute atomic E-state index is 0.0273. The van der Waals surface area contributed by atoms with Crippen molar-refractivity contribution >= 4 is 25.7 Å². The molecule has 12 nitrogen and oxygen atoms in total. The maximum absolute atomic E-state index is 12.6. The van der Waals surface area contributed by atoms with E-state index in [0.717, 1.165) is 57.8 Å². The summed E-state index contributed by atoms with van der Waals surface area (Å²) >= 11 is 0. The van der Waals surface area contributed by atoms with E-state index < -0.39 is 63.8 Å². The molecule has 0 aromatic rings. The molecular weight excluding hydrogens is 797 g/mol. The predicted molar refractivity (Wildman–Crippen MR) is 245 cm³/mol. The first-order chi connectivity index (χ1) is 29.5. The Morgan fingerprint density at radius 3 is 1.62 bits per heavy atom. The van der Waals surface area contributed by atoms with Crippen molar-refractivity contribution in [1.29, 1.82) is 0 Å². The summed E-state index contributed by atoms with van der Waals surface area (Å²) in [6.45, 7) is 2.33. The Hall–Kier alpha value is -4.16. The second-order valence-corrected chi connectivity index (χ2v) is 15.4. The number of carboxylic acid groups (broad SMARTS) is 1. The molecular formula is C48H74NO11P. The van der Waals surface area contributed by atoms with Gasteiger partial charge in [0.2, 0.25) is 0 Å². The molecule has 5 N–H and O–H groups in total. The fraction of sp³-hybridized carbons (Fsp3) is 0.521. The van der Waals surface area contributed by atoms with Gasteiger partial charge in [-0.2, -0.15) is 0 Å². The molecule has 0 saturated heterocycles. The summed E-state index contributed by atoms with van der Waals surface area (Å²) in [5, 5.41) is 19.2. The number of ether oxygens (including phenoxy) is 2. The van der Waals surface area contributed by atoms with Crippen LogP contribution >= 0.6 is 7.82 Å². The Morgan fingerprint density at radius 1 is 0.607 bits per heavy atom. The third-order valence-electron chi connectivity index (χ3n) is 8.31. The summed E-state index contributed by atoms with van der Waals surface area (Å²) in [6, 6.07) is -1.57. The van der Waals surface area contributed by atoms with Crippen LogP contribution in [0.15, 0.2) is 122 Å². The molecule has 0 aliphatic rings. The van der Waals surface area contributed by atoms with E-state index in [9.17, 15) is 28.9 Å². The van der Waals surface area contributed by atoms with E-state index in [1.165, 1.54) is 25.3 Å². The Bertz CT molecular complexity index is 1510. The first-order valence-electron chi connectivity index (χ1n) is 21.7. The van der Waals surface area contributed by atoms with Crippen molar-refractivity contribution in [2.75, 3.05) is 19.8 Å².